The monoisotopic (exact) mass is 538 g/mol. The zero-order valence-electron chi connectivity index (χ0n) is 23.2. The lowest BCUT2D eigenvalue weighted by atomic mass is 9.80. The first-order valence-corrected chi connectivity index (χ1v) is 14.1. The molecule has 0 saturated carbocycles. The molecule has 0 atom stereocenters. The molecule has 8 heteroatoms. The molecule has 0 radical (unpaired) electrons. The van der Waals surface area contributed by atoms with E-state index in [0.717, 1.165) is 5.56 Å². The van der Waals surface area contributed by atoms with Crippen molar-refractivity contribution in [2.75, 3.05) is 23.3 Å². The van der Waals surface area contributed by atoms with Crippen molar-refractivity contribution in [2.24, 2.45) is 0 Å². The van der Waals surface area contributed by atoms with Crippen LogP contribution in [0.5, 0.6) is 11.5 Å². The predicted octanol–water partition coefficient (Wildman–Crippen LogP) is 6.50. The second kappa shape index (κ2) is 11.5. The molecule has 3 aromatic rings. The van der Waals surface area contributed by atoms with E-state index >= 15 is 0 Å². The molecule has 0 aliphatic heterocycles. The highest BCUT2D eigenvalue weighted by Crippen LogP contribution is 2.35. The Labute approximate surface area is 226 Å². The third-order valence-corrected chi connectivity index (χ3v) is 7.28. The van der Waals surface area contributed by atoms with E-state index in [4.69, 9.17) is 9.47 Å². The van der Waals surface area contributed by atoms with E-state index in [9.17, 15) is 13.2 Å². The van der Waals surface area contributed by atoms with Gasteiger partial charge in [0.1, 0.15) is 11.5 Å². The fraction of sp³-hybridized carbons (Fsp3) is 0.367. The molecule has 0 bridgehead atoms. The highest BCUT2D eigenvalue weighted by molar-refractivity contribution is 7.92. The van der Waals surface area contributed by atoms with Gasteiger partial charge in [0.05, 0.1) is 11.5 Å². The summed E-state index contributed by atoms with van der Waals surface area (Å²) in [7, 11) is -3.79. The Bertz CT molecular complexity index is 1350. The highest BCUT2D eigenvalue weighted by Gasteiger charge is 2.23. The van der Waals surface area contributed by atoms with Gasteiger partial charge in [-0.15, -0.1) is 0 Å². The van der Waals surface area contributed by atoms with Crippen LogP contribution in [0.4, 0.5) is 11.4 Å². The molecule has 3 aromatic carbocycles. The molecule has 0 aromatic heterocycles. The average molecular weight is 539 g/mol. The number of carbonyl (C=O) groups excluding carboxylic acids is 1. The van der Waals surface area contributed by atoms with Crippen LogP contribution in [0.3, 0.4) is 0 Å². The Kier molecular flexibility index (Phi) is 8.77. The molecule has 1 amide bonds. The lowest BCUT2D eigenvalue weighted by Crippen LogP contribution is -2.23. The first kappa shape index (κ1) is 29.0. The first-order valence-electron chi connectivity index (χ1n) is 12.6. The Hall–Kier alpha value is -3.52. The van der Waals surface area contributed by atoms with Gasteiger partial charge in [0.25, 0.3) is 15.9 Å². The van der Waals surface area contributed by atoms with Crippen LogP contribution < -0.4 is 19.5 Å². The maximum atomic E-state index is 12.8. The number of rotatable bonds is 9. The predicted molar refractivity (Wildman–Crippen MR) is 153 cm³/mol. The highest BCUT2D eigenvalue weighted by atomic mass is 32.2. The van der Waals surface area contributed by atoms with Gasteiger partial charge in [-0.2, -0.15) is 0 Å². The van der Waals surface area contributed by atoms with Crippen molar-refractivity contribution in [1.82, 2.24) is 0 Å². The van der Waals surface area contributed by atoms with E-state index in [1.807, 2.05) is 19.1 Å². The smallest absolute Gasteiger partial charge is 0.262 e. The summed E-state index contributed by atoms with van der Waals surface area (Å²) < 4.78 is 39.3. The van der Waals surface area contributed by atoms with E-state index in [1.165, 1.54) is 17.7 Å². The molecule has 0 aliphatic rings. The number of nitrogens with one attached hydrogen (secondary N) is 2. The Morgan fingerprint density at radius 2 is 1.39 bits per heavy atom. The van der Waals surface area contributed by atoms with E-state index in [1.54, 1.807) is 36.4 Å². The topological polar surface area (TPSA) is 93.7 Å². The minimum atomic E-state index is -3.79. The summed E-state index contributed by atoms with van der Waals surface area (Å²) >= 11 is 0. The summed E-state index contributed by atoms with van der Waals surface area (Å²) in [4.78, 5) is 12.7. The van der Waals surface area contributed by atoms with Crippen LogP contribution in [0.15, 0.2) is 71.6 Å². The molecule has 0 spiro atoms. The quantitative estimate of drug-likeness (QED) is 0.324. The van der Waals surface area contributed by atoms with E-state index < -0.39 is 10.0 Å². The van der Waals surface area contributed by atoms with Crippen LogP contribution in [0.2, 0.25) is 0 Å². The minimum absolute atomic E-state index is 0.000704. The number of benzene rings is 3. The van der Waals surface area contributed by atoms with Crippen molar-refractivity contribution in [3.05, 3.63) is 77.9 Å². The number of carbonyl (C=O) groups is 1. The number of sulfonamides is 1. The van der Waals surface area contributed by atoms with Gasteiger partial charge in [-0.05, 0) is 83.5 Å². The van der Waals surface area contributed by atoms with Gasteiger partial charge in [-0.1, -0.05) is 53.7 Å². The number of hydrogen-bond donors (Lipinski definition) is 2. The Morgan fingerprint density at radius 3 is 1.95 bits per heavy atom. The summed E-state index contributed by atoms with van der Waals surface area (Å²) in [5.41, 5.74) is 2.97. The second-order valence-corrected chi connectivity index (χ2v) is 12.8. The maximum Gasteiger partial charge on any atom is 0.262 e. The van der Waals surface area contributed by atoms with E-state index in [0.29, 0.717) is 29.5 Å². The van der Waals surface area contributed by atoms with E-state index in [2.05, 4.69) is 57.6 Å². The molecule has 0 unspecified atom stereocenters. The van der Waals surface area contributed by atoms with Crippen molar-refractivity contribution in [2.45, 2.75) is 64.2 Å². The van der Waals surface area contributed by atoms with Crippen LogP contribution in [-0.2, 0) is 25.6 Å². The van der Waals surface area contributed by atoms with Gasteiger partial charge in [0.2, 0.25) is 0 Å². The summed E-state index contributed by atoms with van der Waals surface area (Å²) in [6.07, 6.45) is 0. The van der Waals surface area contributed by atoms with Crippen molar-refractivity contribution in [3.63, 3.8) is 0 Å². The molecular formula is C30H38N2O5S. The zero-order valence-corrected chi connectivity index (χ0v) is 24.0. The normalized spacial score (nSPS) is 12.1. The Morgan fingerprint density at radius 1 is 0.789 bits per heavy atom. The van der Waals surface area contributed by atoms with Crippen LogP contribution in [0, 0.1) is 0 Å². The largest absolute Gasteiger partial charge is 0.494 e. The molecule has 0 saturated heterocycles. The SMILES string of the molecule is CCOc1ccc(NS(=O)(=O)c2ccc(NC(=O)COc3ccc(C(C)(C)C)cc3C(C)(C)C)cc2)cc1. The lowest BCUT2D eigenvalue weighted by Gasteiger charge is -2.27. The van der Waals surface area contributed by atoms with Gasteiger partial charge in [-0.25, -0.2) is 8.42 Å². The van der Waals surface area contributed by atoms with Gasteiger partial charge in [-0.3, -0.25) is 9.52 Å². The average Bonchev–Trinajstić information content (AvgIpc) is 2.83. The molecular weight excluding hydrogens is 500 g/mol. The third-order valence-electron chi connectivity index (χ3n) is 5.88. The van der Waals surface area contributed by atoms with E-state index in [-0.39, 0.29) is 28.2 Å². The molecule has 0 aliphatic carbocycles. The van der Waals surface area contributed by atoms with Gasteiger partial charge in [0, 0.05) is 11.4 Å². The summed E-state index contributed by atoms with van der Waals surface area (Å²) in [6, 6.07) is 18.7. The number of amides is 1. The summed E-state index contributed by atoms with van der Waals surface area (Å²) in [5, 5.41) is 2.76. The number of hydrogen-bond acceptors (Lipinski definition) is 5. The minimum Gasteiger partial charge on any atom is -0.494 e. The summed E-state index contributed by atoms with van der Waals surface area (Å²) in [5.74, 6) is 0.992. The van der Waals surface area contributed by atoms with Crippen LogP contribution in [-0.4, -0.2) is 27.5 Å². The molecule has 38 heavy (non-hydrogen) atoms. The van der Waals surface area contributed by atoms with Crippen LogP contribution in [0.25, 0.3) is 0 Å². The molecule has 7 nitrogen and oxygen atoms in total. The van der Waals surface area contributed by atoms with Crippen molar-refractivity contribution in [1.29, 1.82) is 0 Å². The molecule has 2 N–H and O–H groups in total. The van der Waals surface area contributed by atoms with Crippen molar-refractivity contribution >= 4 is 27.3 Å². The van der Waals surface area contributed by atoms with Crippen LogP contribution in [0.1, 0.15) is 59.6 Å². The number of ether oxygens (including phenoxy) is 2. The van der Waals surface area contributed by atoms with Crippen LogP contribution >= 0.6 is 0 Å². The lowest BCUT2D eigenvalue weighted by molar-refractivity contribution is -0.118. The molecule has 204 valence electrons. The maximum absolute atomic E-state index is 12.8. The standard InChI is InChI=1S/C30H38N2O5S/c1-8-36-24-14-10-23(11-15-24)32-38(34,35)25-16-12-22(13-17-25)31-28(33)20-37-27-18-9-21(29(2,3)4)19-26(27)30(5,6)7/h9-19,32H,8,20H2,1-7H3,(H,31,33). The Balaban J connectivity index is 1.63. The number of anilines is 2. The zero-order chi connectivity index (χ0) is 28.1. The van der Waals surface area contributed by atoms with Gasteiger partial charge >= 0.3 is 0 Å². The fourth-order valence-corrected chi connectivity index (χ4v) is 4.82. The molecule has 0 heterocycles. The molecule has 0 fully saturated rings. The summed E-state index contributed by atoms with van der Waals surface area (Å²) in [6.45, 7) is 15.1. The first-order chi connectivity index (χ1) is 17.7. The second-order valence-electron chi connectivity index (χ2n) is 11.1. The third kappa shape index (κ3) is 7.74. The van der Waals surface area contributed by atoms with Crippen molar-refractivity contribution in [3.8, 4) is 11.5 Å². The fourth-order valence-electron chi connectivity index (χ4n) is 3.77. The van der Waals surface area contributed by atoms with Gasteiger partial charge < -0.3 is 14.8 Å². The van der Waals surface area contributed by atoms with Crippen molar-refractivity contribution < 1.29 is 22.7 Å². The molecule has 3 rings (SSSR count). The van der Waals surface area contributed by atoms with Gasteiger partial charge in [0.15, 0.2) is 6.61 Å².